The summed E-state index contributed by atoms with van der Waals surface area (Å²) in [5.74, 6) is -0.904. The predicted molar refractivity (Wildman–Crippen MR) is 158 cm³/mol. The Balaban J connectivity index is 2.67. The van der Waals surface area contributed by atoms with Gasteiger partial charge in [0.15, 0.2) is 0 Å². The third-order valence-corrected chi connectivity index (χ3v) is 6.95. The van der Waals surface area contributed by atoms with Crippen LogP contribution in [0.2, 0.25) is 0 Å². The average Bonchev–Trinajstić information content (AvgIpc) is 2.81. The molecule has 2 unspecified atom stereocenters. The molecule has 2 atom stereocenters. The number of amides is 3. The van der Waals surface area contributed by atoms with Gasteiger partial charge >= 0.3 is 6.09 Å². The Morgan fingerprint density at radius 1 is 0.923 bits per heavy atom. The number of para-hydroxylation sites is 1. The van der Waals surface area contributed by atoms with Crippen LogP contribution < -0.4 is 10.6 Å². The van der Waals surface area contributed by atoms with Crippen LogP contribution in [0.5, 0.6) is 0 Å². The van der Waals surface area contributed by atoms with E-state index in [2.05, 4.69) is 10.6 Å². The zero-order valence-corrected chi connectivity index (χ0v) is 25.6. The Labute approximate surface area is 234 Å². The minimum absolute atomic E-state index is 0.250. The van der Waals surface area contributed by atoms with E-state index in [0.717, 1.165) is 22.4 Å². The summed E-state index contributed by atoms with van der Waals surface area (Å²) in [5, 5.41) is 5.91. The number of carbonyl (C=O) groups excluding carboxylic acids is 3. The fourth-order valence-electron chi connectivity index (χ4n) is 4.50. The quantitative estimate of drug-likeness (QED) is 0.366. The average molecular weight is 538 g/mol. The van der Waals surface area contributed by atoms with Gasteiger partial charge in [-0.15, -0.1) is 0 Å². The Hall–Kier alpha value is -3.35. The first kappa shape index (κ1) is 31.9. The summed E-state index contributed by atoms with van der Waals surface area (Å²) in [6.45, 7) is 20.8. The highest BCUT2D eigenvalue weighted by atomic mass is 16.6. The van der Waals surface area contributed by atoms with E-state index in [0.29, 0.717) is 12.0 Å². The van der Waals surface area contributed by atoms with Crippen molar-refractivity contribution in [1.82, 2.24) is 10.2 Å². The zero-order chi connectivity index (χ0) is 29.7. The summed E-state index contributed by atoms with van der Waals surface area (Å²) in [6, 6.07) is 11.7. The first-order chi connectivity index (χ1) is 18.0. The normalized spacial score (nSPS) is 13.4. The smallest absolute Gasteiger partial charge is 0.408 e. The largest absolute Gasteiger partial charge is 0.444 e. The lowest BCUT2D eigenvalue weighted by atomic mass is 9.90. The molecule has 0 aliphatic heterocycles. The van der Waals surface area contributed by atoms with Crippen LogP contribution in [-0.2, 0) is 14.3 Å². The van der Waals surface area contributed by atoms with E-state index in [9.17, 15) is 14.4 Å². The summed E-state index contributed by atoms with van der Waals surface area (Å²) in [4.78, 5) is 43.1. The number of benzene rings is 2. The summed E-state index contributed by atoms with van der Waals surface area (Å²) >= 11 is 0. The van der Waals surface area contributed by atoms with Gasteiger partial charge in [0.2, 0.25) is 5.91 Å². The number of rotatable bonds is 9. The predicted octanol–water partition coefficient (Wildman–Crippen LogP) is 6.86. The van der Waals surface area contributed by atoms with Crippen molar-refractivity contribution >= 4 is 23.6 Å². The lowest BCUT2D eigenvalue weighted by Crippen LogP contribution is -2.60. The zero-order valence-electron chi connectivity index (χ0n) is 25.6. The third-order valence-electron chi connectivity index (χ3n) is 6.95. The van der Waals surface area contributed by atoms with Crippen LogP contribution in [-0.4, -0.2) is 40.0 Å². The molecule has 0 saturated carbocycles. The minimum Gasteiger partial charge on any atom is -0.444 e. The number of hydrogen-bond acceptors (Lipinski definition) is 4. The van der Waals surface area contributed by atoms with Crippen LogP contribution in [0.25, 0.3) is 0 Å². The summed E-state index contributed by atoms with van der Waals surface area (Å²) < 4.78 is 5.47. The number of carbonyl (C=O) groups is 3. The molecule has 7 nitrogen and oxygen atoms in total. The SMILES string of the molecule is CCC(C)(C)N(C(=O)C(NC(=O)OC(C)(C)C)C(C)C)C(C(=O)Nc1c(C)cccc1C)c1cccc(C)c1. The van der Waals surface area contributed by atoms with Gasteiger partial charge in [0.25, 0.3) is 5.91 Å². The van der Waals surface area contributed by atoms with Gasteiger partial charge in [-0.1, -0.05) is 68.8 Å². The van der Waals surface area contributed by atoms with E-state index in [1.165, 1.54) is 0 Å². The second-order valence-electron chi connectivity index (χ2n) is 12.3. The van der Waals surface area contributed by atoms with Gasteiger partial charge in [-0.25, -0.2) is 4.79 Å². The van der Waals surface area contributed by atoms with Gasteiger partial charge in [-0.2, -0.15) is 0 Å². The lowest BCUT2D eigenvalue weighted by Gasteiger charge is -2.45. The molecule has 2 aromatic carbocycles. The maximum absolute atomic E-state index is 14.5. The molecule has 0 heterocycles. The van der Waals surface area contributed by atoms with E-state index >= 15 is 0 Å². The minimum atomic E-state index is -0.937. The van der Waals surface area contributed by atoms with Crippen LogP contribution >= 0.6 is 0 Å². The number of ether oxygens (including phenoxy) is 1. The number of anilines is 1. The maximum atomic E-state index is 14.5. The summed E-state index contributed by atoms with van der Waals surface area (Å²) in [7, 11) is 0. The van der Waals surface area contributed by atoms with E-state index in [4.69, 9.17) is 4.74 Å². The Kier molecular flexibility index (Phi) is 10.4. The lowest BCUT2D eigenvalue weighted by molar-refractivity contribution is -0.148. The fraction of sp³-hybridized carbons (Fsp3) is 0.531. The van der Waals surface area contributed by atoms with Crippen LogP contribution in [0.15, 0.2) is 42.5 Å². The molecule has 0 saturated heterocycles. The fourth-order valence-corrected chi connectivity index (χ4v) is 4.50. The number of aryl methyl sites for hydroxylation is 3. The van der Waals surface area contributed by atoms with E-state index in [1.54, 1.807) is 25.7 Å². The number of nitrogens with one attached hydrogen (secondary N) is 2. The van der Waals surface area contributed by atoms with E-state index in [-0.39, 0.29) is 17.7 Å². The van der Waals surface area contributed by atoms with Crippen molar-refractivity contribution in [3.05, 3.63) is 64.7 Å². The van der Waals surface area contributed by atoms with Crippen molar-refractivity contribution < 1.29 is 19.1 Å². The van der Waals surface area contributed by atoms with Crippen LogP contribution in [0.3, 0.4) is 0 Å². The molecule has 0 radical (unpaired) electrons. The van der Waals surface area contributed by atoms with Crippen LogP contribution in [0.1, 0.15) is 90.1 Å². The van der Waals surface area contributed by atoms with Crippen molar-refractivity contribution in [2.45, 2.75) is 106 Å². The summed E-state index contributed by atoms with van der Waals surface area (Å²) in [5.41, 5.74) is 2.85. The number of hydrogen-bond donors (Lipinski definition) is 2. The summed E-state index contributed by atoms with van der Waals surface area (Å²) in [6.07, 6.45) is -0.0782. The van der Waals surface area contributed by atoms with Gasteiger partial charge in [0.1, 0.15) is 17.7 Å². The molecular weight excluding hydrogens is 490 g/mol. The van der Waals surface area contributed by atoms with Crippen molar-refractivity contribution in [2.24, 2.45) is 5.92 Å². The van der Waals surface area contributed by atoms with Crippen LogP contribution in [0, 0.1) is 26.7 Å². The van der Waals surface area contributed by atoms with Crippen molar-refractivity contribution in [3.8, 4) is 0 Å². The van der Waals surface area contributed by atoms with E-state index in [1.807, 2.05) is 97.9 Å². The molecule has 7 heteroatoms. The molecule has 2 rings (SSSR count). The molecule has 0 spiro atoms. The highest BCUT2D eigenvalue weighted by Crippen LogP contribution is 2.34. The molecule has 2 aromatic rings. The topological polar surface area (TPSA) is 87.7 Å². The molecule has 0 aliphatic rings. The molecule has 0 aliphatic carbocycles. The van der Waals surface area contributed by atoms with Gasteiger partial charge in [0, 0.05) is 11.2 Å². The first-order valence-corrected chi connectivity index (χ1v) is 13.7. The van der Waals surface area contributed by atoms with Gasteiger partial charge in [0.05, 0.1) is 0 Å². The molecule has 214 valence electrons. The molecule has 0 aromatic heterocycles. The number of nitrogens with zero attached hydrogens (tertiary/aromatic N) is 1. The highest BCUT2D eigenvalue weighted by Gasteiger charge is 2.44. The van der Waals surface area contributed by atoms with Crippen molar-refractivity contribution in [2.75, 3.05) is 5.32 Å². The van der Waals surface area contributed by atoms with Gasteiger partial charge in [-0.3, -0.25) is 9.59 Å². The van der Waals surface area contributed by atoms with E-state index < -0.39 is 29.3 Å². The van der Waals surface area contributed by atoms with Crippen LogP contribution in [0.4, 0.5) is 10.5 Å². The second-order valence-corrected chi connectivity index (χ2v) is 12.3. The van der Waals surface area contributed by atoms with Crippen molar-refractivity contribution in [1.29, 1.82) is 0 Å². The molecule has 0 bridgehead atoms. The molecule has 0 fully saturated rings. The Morgan fingerprint density at radius 2 is 1.49 bits per heavy atom. The molecule has 3 amide bonds. The van der Waals surface area contributed by atoms with Gasteiger partial charge in [-0.05, 0) is 84.4 Å². The second kappa shape index (κ2) is 12.7. The molecular formula is C32H47N3O4. The third kappa shape index (κ3) is 8.32. The van der Waals surface area contributed by atoms with Gasteiger partial charge < -0.3 is 20.3 Å². The molecule has 39 heavy (non-hydrogen) atoms. The standard InChI is InChI=1S/C32H47N3O4/c1-12-32(10,11)35(29(37)25(20(2)3)34-30(38)39-31(7,8)9)27(24-18-13-15-21(4)19-24)28(36)33-26-22(5)16-14-17-23(26)6/h13-20,25,27H,12H2,1-11H3,(H,33,36)(H,34,38). The van der Waals surface area contributed by atoms with Crippen molar-refractivity contribution in [3.63, 3.8) is 0 Å². The Morgan fingerprint density at radius 3 is 1.97 bits per heavy atom. The maximum Gasteiger partial charge on any atom is 0.408 e. The Bertz CT molecular complexity index is 1160. The number of alkyl carbamates (subject to hydrolysis) is 1. The first-order valence-electron chi connectivity index (χ1n) is 13.7. The monoisotopic (exact) mass is 537 g/mol. The highest BCUT2D eigenvalue weighted by molar-refractivity contribution is 6.00. The molecule has 2 N–H and O–H groups in total.